The number of carbonyl (C=O) groups is 2. The van der Waals surface area contributed by atoms with Gasteiger partial charge in [-0.15, -0.1) is 11.8 Å². The third kappa shape index (κ3) is 7.02. The fraction of sp³-hybridized carbons (Fsp3) is 0.211. The second kappa shape index (κ2) is 10.9. The van der Waals surface area contributed by atoms with Crippen LogP contribution in [0.25, 0.3) is 0 Å². The van der Waals surface area contributed by atoms with Crippen LogP contribution in [-0.4, -0.2) is 38.2 Å². The molecular formula is C19H20N2O5S. The number of nitrogens with one attached hydrogen (secondary N) is 1. The lowest BCUT2D eigenvalue weighted by molar-refractivity contribution is -0.120. The van der Waals surface area contributed by atoms with E-state index >= 15 is 0 Å². The van der Waals surface area contributed by atoms with Crippen molar-refractivity contribution in [3.63, 3.8) is 0 Å². The number of thioether (sulfide) groups is 1. The standard InChI is InChI=1S/C19H20N2O5S/c1-24-17-12-14(8-9-16(17)26-19(23)25-2)13-20-21-18(22)10-11-27-15-6-4-3-5-7-15/h3-9,12-13H,10-11H2,1-2H3,(H,21,22). The average Bonchev–Trinajstić information content (AvgIpc) is 2.69. The highest BCUT2D eigenvalue weighted by Crippen LogP contribution is 2.27. The molecule has 0 atom stereocenters. The van der Waals surface area contributed by atoms with Crippen LogP contribution in [0.2, 0.25) is 0 Å². The van der Waals surface area contributed by atoms with Crippen molar-refractivity contribution in [2.24, 2.45) is 5.10 Å². The second-order valence-electron chi connectivity index (χ2n) is 5.17. The largest absolute Gasteiger partial charge is 0.513 e. The number of rotatable bonds is 8. The van der Waals surface area contributed by atoms with Gasteiger partial charge in [0.05, 0.1) is 20.4 Å². The summed E-state index contributed by atoms with van der Waals surface area (Å²) in [5, 5.41) is 3.93. The highest BCUT2D eigenvalue weighted by Gasteiger charge is 2.10. The van der Waals surface area contributed by atoms with E-state index in [0.717, 1.165) is 4.90 Å². The molecule has 0 heterocycles. The number of benzene rings is 2. The number of hydrazone groups is 1. The zero-order chi connectivity index (χ0) is 19.5. The number of hydrogen-bond donors (Lipinski definition) is 1. The Morgan fingerprint density at radius 3 is 2.59 bits per heavy atom. The molecule has 0 spiro atoms. The highest BCUT2D eigenvalue weighted by atomic mass is 32.2. The monoisotopic (exact) mass is 388 g/mol. The van der Waals surface area contributed by atoms with Crippen LogP contribution in [0.4, 0.5) is 4.79 Å². The average molecular weight is 388 g/mol. The topological polar surface area (TPSA) is 86.2 Å². The zero-order valence-corrected chi connectivity index (χ0v) is 15.8. The Balaban J connectivity index is 1.82. The predicted octanol–water partition coefficient (Wildman–Crippen LogP) is 3.47. The van der Waals surface area contributed by atoms with E-state index in [1.165, 1.54) is 20.4 Å². The third-order valence-electron chi connectivity index (χ3n) is 3.29. The molecule has 0 aliphatic carbocycles. The van der Waals surface area contributed by atoms with Crippen molar-refractivity contribution in [3.05, 3.63) is 54.1 Å². The Kier molecular flexibility index (Phi) is 8.18. The first kappa shape index (κ1) is 20.3. The van der Waals surface area contributed by atoms with Crippen LogP contribution in [0, 0.1) is 0 Å². The molecule has 0 unspecified atom stereocenters. The predicted molar refractivity (Wildman–Crippen MR) is 104 cm³/mol. The van der Waals surface area contributed by atoms with Crippen molar-refractivity contribution in [3.8, 4) is 11.5 Å². The van der Waals surface area contributed by atoms with E-state index in [9.17, 15) is 9.59 Å². The second-order valence-corrected chi connectivity index (χ2v) is 6.34. The molecule has 0 aliphatic rings. The van der Waals surface area contributed by atoms with E-state index in [-0.39, 0.29) is 11.7 Å². The van der Waals surface area contributed by atoms with Gasteiger partial charge in [0.15, 0.2) is 11.5 Å². The molecule has 2 aromatic carbocycles. The molecule has 27 heavy (non-hydrogen) atoms. The van der Waals surface area contributed by atoms with E-state index in [0.29, 0.717) is 23.5 Å². The third-order valence-corrected chi connectivity index (χ3v) is 4.31. The van der Waals surface area contributed by atoms with Gasteiger partial charge in [0.25, 0.3) is 0 Å². The lowest BCUT2D eigenvalue weighted by atomic mass is 10.2. The molecular weight excluding hydrogens is 368 g/mol. The van der Waals surface area contributed by atoms with Gasteiger partial charge in [-0.1, -0.05) is 18.2 Å². The zero-order valence-electron chi connectivity index (χ0n) is 15.0. The summed E-state index contributed by atoms with van der Waals surface area (Å²) in [6.07, 6.45) is 0.995. The lowest BCUT2D eigenvalue weighted by Crippen LogP contribution is -2.17. The molecule has 0 radical (unpaired) electrons. The van der Waals surface area contributed by atoms with Gasteiger partial charge in [0, 0.05) is 17.1 Å². The molecule has 0 saturated heterocycles. The number of hydrogen-bond acceptors (Lipinski definition) is 7. The van der Waals surface area contributed by atoms with Gasteiger partial charge in [-0.25, -0.2) is 10.2 Å². The Hall–Kier alpha value is -3.00. The highest BCUT2D eigenvalue weighted by molar-refractivity contribution is 7.99. The summed E-state index contributed by atoms with van der Waals surface area (Å²) in [6.45, 7) is 0. The van der Waals surface area contributed by atoms with Gasteiger partial charge in [-0.3, -0.25) is 4.79 Å². The van der Waals surface area contributed by atoms with Crippen molar-refractivity contribution >= 4 is 30.0 Å². The molecule has 0 aliphatic heterocycles. The summed E-state index contributed by atoms with van der Waals surface area (Å²) in [4.78, 5) is 24.1. The molecule has 142 valence electrons. The number of ether oxygens (including phenoxy) is 3. The van der Waals surface area contributed by atoms with Gasteiger partial charge < -0.3 is 14.2 Å². The molecule has 1 amide bonds. The quantitative estimate of drug-likeness (QED) is 0.245. The van der Waals surface area contributed by atoms with Gasteiger partial charge in [-0.05, 0) is 35.9 Å². The first-order valence-electron chi connectivity index (χ1n) is 8.06. The minimum Gasteiger partial charge on any atom is -0.493 e. The molecule has 0 fully saturated rings. The number of amides is 1. The van der Waals surface area contributed by atoms with Crippen LogP contribution in [0.5, 0.6) is 11.5 Å². The van der Waals surface area contributed by atoms with E-state index in [1.807, 2.05) is 30.3 Å². The summed E-state index contributed by atoms with van der Waals surface area (Å²) in [5.41, 5.74) is 3.15. The molecule has 0 saturated carbocycles. The van der Waals surface area contributed by atoms with Gasteiger partial charge in [-0.2, -0.15) is 5.10 Å². The first-order chi connectivity index (χ1) is 13.1. The van der Waals surface area contributed by atoms with Gasteiger partial charge in [0.1, 0.15) is 0 Å². The minimum absolute atomic E-state index is 0.174. The maximum atomic E-state index is 11.8. The Morgan fingerprint density at radius 2 is 1.89 bits per heavy atom. The van der Waals surface area contributed by atoms with Crippen LogP contribution in [0.3, 0.4) is 0 Å². The van der Waals surface area contributed by atoms with E-state index in [1.54, 1.807) is 30.0 Å². The minimum atomic E-state index is -0.838. The summed E-state index contributed by atoms with van der Waals surface area (Å²) in [6, 6.07) is 14.7. The number of carbonyl (C=O) groups excluding carboxylic acids is 2. The number of methoxy groups -OCH3 is 2. The molecule has 0 bridgehead atoms. The summed E-state index contributed by atoms with van der Waals surface area (Å²) < 4.78 is 14.6. The van der Waals surface area contributed by atoms with Crippen LogP contribution < -0.4 is 14.9 Å². The molecule has 0 aromatic heterocycles. The summed E-state index contributed by atoms with van der Waals surface area (Å²) >= 11 is 1.61. The Morgan fingerprint density at radius 1 is 1.11 bits per heavy atom. The van der Waals surface area contributed by atoms with Crippen molar-refractivity contribution < 1.29 is 23.8 Å². The van der Waals surface area contributed by atoms with Crippen molar-refractivity contribution in [2.75, 3.05) is 20.0 Å². The van der Waals surface area contributed by atoms with Crippen LogP contribution in [0.1, 0.15) is 12.0 Å². The SMILES string of the molecule is COC(=O)Oc1ccc(C=NNC(=O)CCSc2ccccc2)cc1OC. The lowest BCUT2D eigenvalue weighted by Gasteiger charge is -2.08. The molecule has 8 heteroatoms. The maximum absolute atomic E-state index is 11.8. The smallest absolute Gasteiger partial charge is 0.493 e. The summed E-state index contributed by atoms with van der Waals surface area (Å²) in [7, 11) is 2.67. The van der Waals surface area contributed by atoms with Crippen molar-refractivity contribution in [1.29, 1.82) is 0 Å². The van der Waals surface area contributed by atoms with Crippen LogP contribution >= 0.6 is 11.8 Å². The van der Waals surface area contributed by atoms with Crippen LogP contribution in [0.15, 0.2) is 58.5 Å². The van der Waals surface area contributed by atoms with E-state index in [4.69, 9.17) is 9.47 Å². The van der Waals surface area contributed by atoms with Gasteiger partial charge in [0.2, 0.25) is 5.91 Å². The van der Waals surface area contributed by atoms with Crippen LogP contribution in [-0.2, 0) is 9.53 Å². The van der Waals surface area contributed by atoms with Crippen molar-refractivity contribution in [1.82, 2.24) is 5.43 Å². The molecule has 7 nitrogen and oxygen atoms in total. The van der Waals surface area contributed by atoms with Gasteiger partial charge >= 0.3 is 6.16 Å². The maximum Gasteiger partial charge on any atom is 0.513 e. The molecule has 2 aromatic rings. The fourth-order valence-corrected chi connectivity index (χ4v) is 2.87. The first-order valence-corrected chi connectivity index (χ1v) is 9.04. The fourth-order valence-electron chi connectivity index (χ4n) is 1.99. The van der Waals surface area contributed by atoms with Crippen molar-refractivity contribution in [2.45, 2.75) is 11.3 Å². The summed E-state index contributed by atoms with van der Waals surface area (Å²) in [5.74, 6) is 1.06. The molecule has 1 N–H and O–H groups in total. The normalized spacial score (nSPS) is 10.4. The van der Waals surface area contributed by atoms with E-state index in [2.05, 4.69) is 15.3 Å². The Bertz CT molecular complexity index is 796. The van der Waals surface area contributed by atoms with E-state index < -0.39 is 6.16 Å². The molecule has 2 rings (SSSR count). The number of nitrogens with zero attached hydrogens (tertiary/aromatic N) is 1. The Labute approximate surface area is 161 Å².